The summed E-state index contributed by atoms with van der Waals surface area (Å²) < 4.78 is 63.8. The average Bonchev–Trinajstić information content (AvgIpc) is 3.11. The number of halogens is 2. The van der Waals surface area contributed by atoms with Crippen LogP contribution in [0.3, 0.4) is 0 Å². The van der Waals surface area contributed by atoms with Gasteiger partial charge in [-0.3, -0.25) is 14.2 Å². The van der Waals surface area contributed by atoms with Crippen LogP contribution in [0, 0.1) is 0 Å². The summed E-state index contributed by atoms with van der Waals surface area (Å²) in [7, 11) is -0.740. The number of hydrogen-bond donors (Lipinski definition) is 1. The normalized spacial score (nSPS) is 12.4. The molecular weight excluding hydrogens is 460 g/mol. The molecule has 1 atom stereocenters. The number of hydrogen-bond acceptors (Lipinski definition) is 8. The highest BCUT2D eigenvalue weighted by atomic mass is 32.2. The van der Waals surface area contributed by atoms with E-state index in [9.17, 15) is 22.0 Å². The first kappa shape index (κ1) is 24.0. The van der Waals surface area contributed by atoms with Crippen LogP contribution in [-0.2, 0) is 33.0 Å². The SMILES string of the molecule is COc1nc(-c2nnn(C)c2CC(=O)O[C@@H](c2ccccc2)C(F)F)ccc1NS(C)(=O)=O. The third-order valence-electron chi connectivity index (χ3n) is 4.46. The van der Waals surface area contributed by atoms with Crippen LogP contribution in [0.4, 0.5) is 14.5 Å². The molecule has 0 bridgehead atoms. The zero-order valence-corrected chi connectivity index (χ0v) is 18.7. The zero-order chi connectivity index (χ0) is 24.2. The van der Waals surface area contributed by atoms with E-state index in [-0.39, 0.29) is 34.2 Å². The Kier molecular flexibility index (Phi) is 7.21. The maximum absolute atomic E-state index is 13.5. The molecule has 0 aliphatic carbocycles. The predicted octanol–water partition coefficient (Wildman–Crippen LogP) is 2.35. The largest absolute Gasteiger partial charge is 0.479 e. The molecule has 3 aromatic rings. The van der Waals surface area contributed by atoms with Gasteiger partial charge in [-0.2, -0.15) is 0 Å². The van der Waals surface area contributed by atoms with Crippen molar-refractivity contribution in [3.05, 3.63) is 53.7 Å². The molecule has 3 rings (SSSR count). The van der Waals surface area contributed by atoms with E-state index in [4.69, 9.17) is 9.47 Å². The van der Waals surface area contributed by atoms with Gasteiger partial charge in [0.1, 0.15) is 11.4 Å². The summed E-state index contributed by atoms with van der Waals surface area (Å²) in [5, 5.41) is 7.87. The lowest BCUT2D eigenvalue weighted by Crippen LogP contribution is -2.20. The summed E-state index contributed by atoms with van der Waals surface area (Å²) in [6.07, 6.45) is -4.05. The highest BCUT2D eigenvalue weighted by Crippen LogP contribution is 2.29. The third-order valence-corrected chi connectivity index (χ3v) is 5.05. The number of aromatic nitrogens is 4. The van der Waals surface area contributed by atoms with Gasteiger partial charge in [-0.05, 0) is 17.7 Å². The molecule has 176 valence electrons. The molecule has 2 heterocycles. The Morgan fingerprint density at radius 1 is 1.18 bits per heavy atom. The molecule has 0 radical (unpaired) electrons. The van der Waals surface area contributed by atoms with E-state index < -0.39 is 34.9 Å². The molecule has 13 heteroatoms. The molecule has 0 fully saturated rings. The van der Waals surface area contributed by atoms with Crippen molar-refractivity contribution in [1.82, 2.24) is 20.0 Å². The van der Waals surface area contributed by atoms with Gasteiger partial charge in [-0.1, -0.05) is 35.5 Å². The first-order valence-corrected chi connectivity index (χ1v) is 11.4. The van der Waals surface area contributed by atoms with E-state index in [1.807, 2.05) is 0 Å². The molecule has 0 unspecified atom stereocenters. The van der Waals surface area contributed by atoms with E-state index in [2.05, 4.69) is 20.0 Å². The molecule has 33 heavy (non-hydrogen) atoms. The summed E-state index contributed by atoms with van der Waals surface area (Å²) in [6.45, 7) is 0. The quantitative estimate of drug-likeness (QED) is 0.462. The van der Waals surface area contributed by atoms with Gasteiger partial charge in [0.25, 0.3) is 6.43 Å². The van der Waals surface area contributed by atoms with Crippen LogP contribution in [0.1, 0.15) is 17.4 Å². The number of benzene rings is 1. The molecule has 0 aliphatic rings. The zero-order valence-electron chi connectivity index (χ0n) is 17.9. The van der Waals surface area contributed by atoms with Crippen molar-refractivity contribution in [3.63, 3.8) is 0 Å². The fourth-order valence-corrected chi connectivity index (χ4v) is 3.56. The van der Waals surface area contributed by atoms with Crippen LogP contribution in [-0.4, -0.2) is 54.2 Å². The van der Waals surface area contributed by atoms with Crippen molar-refractivity contribution in [2.45, 2.75) is 19.0 Å². The van der Waals surface area contributed by atoms with Gasteiger partial charge in [0.2, 0.25) is 15.9 Å². The van der Waals surface area contributed by atoms with Gasteiger partial charge in [-0.25, -0.2) is 22.2 Å². The third kappa shape index (κ3) is 6.00. The Labute approximate surface area is 188 Å². The molecule has 0 aliphatic heterocycles. The second-order valence-electron chi connectivity index (χ2n) is 6.97. The fraction of sp³-hybridized carbons (Fsp3) is 0.300. The van der Waals surface area contributed by atoms with E-state index in [0.29, 0.717) is 0 Å². The van der Waals surface area contributed by atoms with E-state index in [1.54, 1.807) is 18.2 Å². The molecule has 10 nitrogen and oxygen atoms in total. The van der Waals surface area contributed by atoms with Gasteiger partial charge in [0.15, 0.2) is 6.10 Å². The Morgan fingerprint density at radius 3 is 2.48 bits per heavy atom. The lowest BCUT2D eigenvalue weighted by molar-refractivity contribution is -0.157. The minimum atomic E-state index is -3.57. The molecule has 1 N–H and O–H groups in total. The Balaban J connectivity index is 1.86. The lowest BCUT2D eigenvalue weighted by atomic mass is 10.1. The Hall–Kier alpha value is -3.61. The summed E-state index contributed by atoms with van der Waals surface area (Å²) in [5.41, 5.74) is 0.961. The maximum Gasteiger partial charge on any atom is 0.312 e. The van der Waals surface area contributed by atoms with Crippen molar-refractivity contribution in [1.29, 1.82) is 0 Å². The average molecular weight is 481 g/mol. The van der Waals surface area contributed by atoms with Crippen molar-refractivity contribution >= 4 is 21.7 Å². The van der Waals surface area contributed by atoms with Crippen LogP contribution < -0.4 is 9.46 Å². The second kappa shape index (κ2) is 9.90. The minimum Gasteiger partial charge on any atom is -0.479 e. The number of esters is 1. The summed E-state index contributed by atoms with van der Waals surface area (Å²) in [6, 6.07) is 10.6. The minimum absolute atomic E-state index is 0.0288. The van der Waals surface area contributed by atoms with Crippen molar-refractivity contribution in [3.8, 4) is 17.3 Å². The number of anilines is 1. The number of aryl methyl sites for hydroxylation is 1. The summed E-state index contributed by atoms with van der Waals surface area (Å²) in [4.78, 5) is 16.7. The molecule has 1 aromatic carbocycles. The van der Waals surface area contributed by atoms with Crippen molar-refractivity contribution in [2.24, 2.45) is 7.05 Å². The molecule has 2 aromatic heterocycles. The fourth-order valence-electron chi connectivity index (χ4n) is 3.01. The number of ether oxygens (including phenoxy) is 2. The predicted molar refractivity (Wildman–Crippen MR) is 114 cm³/mol. The number of sulfonamides is 1. The number of carbonyl (C=O) groups is 1. The Morgan fingerprint density at radius 2 is 1.88 bits per heavy atom. The van der Waals surface area contributed by atoms with Gasteiger partial charge >= 0.3 is 5.97 Å². The van der Waals surface area contributed by atoms with Gasteiger partial charge in [0.05, 0.1) is 31.2 Å². The number of pyridine rings is 1. The highest BCUT2D eigenvalue weighted by molar-refractivity contribution is 7.92. The lowest BCUT2D eigenvalue weighted by Gasteiger charge is -2.17. The Bertz CT molecular complexity index is 1230. The first-order valence-electron chi connectivity index (χ1n) is 9.53. The maximum atomic E-state index is 13.5. The number of nitrogens with zero attached hydrogens (tertiary/aromatic N) is 4. The number of carbonyl (C=O) groups excluding carboxylic acids is 1. The topological polar surface area (TPSA) is 125 Å². The smallest absolute Gasteiger partial charge is 0.312 e. The molecular formula is C20H21F2N5O5S. The van der Waals surface area contributed by atoms with Crippen molar-refractivity contribution < 1.29 is 31.5 Å². The number of alkyl halides is 2. The van der Waals surface area contributed by atoms with Crippen LogP contribution in [0.15, 0.2) is 42.5 Å². The molecule has 0 saturated carbocycles. The number of nitrogens with one attached hydrogen (secondary N) is 1. The van der Waals surface area contributed by atoms with Crippen LogP contribution >= 0.6 is 0 Å². The number of rotatable bonds is 9. The van der Waals surface area contributed by atoms with E-state index >= 15 is 0 Å². The first-order chi connectivity index (χ1) is 15.6. The second-order valence-corrected chi connectivity index (χ2v) is 8.72. The molecule has 0 saturated heterocycles. The summed E-state index contributed by atoms with van der Waals surface area (Å²) >= 11 is 0. The van der Waals surface area contributed by atoms with Gasteiger partial charge < -0.3 is 9.47 Å². The molecule has 0 spiro atoms. The van der Waals surface area contributed by atoms with E-state index in [0.717, 1.165) is 6.26 Å². The molecule has 0 amide bonds. The van der Waals surface area contributed by atoms with Crippen LogP contribution in [0.2, 0.25) is 0 Å². The van der Waals surface area contributed by atoms with Gasteiger partial charge in [-0.15, -0.1) is 5.10 Å². The van der Waals surface area contributed by atoms with E-state index in [1.165, 1.54) is 43.1 Å². The summed E-state index contributed by atoms with van der Waals surface area (Å²) in [5.74, 6) is -0.933. The van der Waals surface area contributed by atoms with Crippen LogP contribution in [0.25, 0.3) is 11.4 Å². The van der Waals surface area contributed by atoms with Crippen molar-refractivity contribution in [2.75, 3.05) is 18.1 Å². The highest BCUT2D eigenvalue weighted by Gasteiger charge is 2.28. The monoisotopic (exact) mass is 481 g/mol. The number of methoxy groups -OCH3 is 1. The van der Waals surface area contributed by atoms with Crippen LogP contribution in [0.5, 0.6) is 5.88 Å². The van der Waals surface area contributed by atoms with Gasteiger partial charge in [0, 0.05) is 7.05 Å². The standard InChI is InChI=1S/C20H21F2N5O5S/c1-27-15(11-16(28)32-18(19(21)22)12-7-5-4-6-8-12)17(24-26-27)13-9-10-14(20(23-13)31-2)25-33(3,29)30/h4-10,18-19,25H,11H2,1-3H3/t18-/m0/s1.